The number of carboxylic acids is 1. The molecule has 0 bridgehead atoms. The van der Waals surface area contributed by atoms with Crippen LogP contribution < -0.4 is 0 Å². The van der Waals surface area contributed by atoms with Gasteiger partial charge in [0.2, 0.25) is 0 Å². The largest absolute Gasteiger partial charge is 0.480 e. The van der Waals surface area contributed by atoms with E-state index in [0.29, 0.717) is 0 Å². The Labute approximate surface area is 104 Å². The molecular weight excluding hydrogens is 259 g/mol. The number of benzene rings is 1. The van der Waals surface area contributed by atoms with Crippen molar-refractivity contribution in [2.75, 3.05) is 0 Å². The highest BCUT2D eigenvalue weighted by molar-refractivity contribution is 7.93. The van der Waals surface area contributed by atoms with E-state index in [9.17, 15) is 22.7 Å². The normalized spacial score (nSPS) is 27.6. The molecular formula is C12H13FO4S. The van der Waals surface area contributed by atoms with Gasteiger partial charge in [0.05, 0.1) is 0 Å². The number of aliphatic carboxylic acids is 1. The predicted octanol–water partition coefficient (Wildman–Crippen LogP) is 1.85. The van der Waals surface area contributed by atoms with Crippen molar-refractivity contribution >= 4 is 15.8 Å². The Hall–Kier alpha value is -1.43. The van der Waals surface area contributed by atoms with Crippen molar-refractivity contribution in [2.24, 2.45) is 5.92 Å². The molecule has 1 saturated carbocycles. The Balaban J connectivity index is 2.56. The third-order valence-corrected chi connectivity index (χ3v) is 5.83. The smallest absolute Gasteiger partial charge is 0.325 e. The highest BCUT2D eigenvalue weighted by Gasteiger charge is 2.59. The summed E-state index contributed by atoms with van der Waals surface area (Å²) in [7, 11) is -4.20. The first-order valence-corrected chi connectivity index (χ1v) is 7.02. The van der Waals surface area contributed by atoms with Crippen LogP contribution in [0.15, 0.2) is 29.2 Å². The lowest BCUT2D eigenvalue weighted by molar-refractivity contribution is -0.143. The topological polar surface area (TPSA) is 71.4 Å². The zero-order valence-corrected chi connectivity index (χ0v) is 10.6. The zero-order valence-electron chi connectivity index (χ0n) is 9.76. The average Bonchev–Trinajstić information content (AvgIpc) is 2.24. The maximum absolute atomic E-state index is 13.6. The number of carbonyl (C=O) groups is 1. The molecule has 4 nitrogen and oxygen atoms in total. The molecule has 2 rings (SSSR count). The fourth-order valence-electron chi connectivity index (χ4n) is 2.45. The molecule has 0 aromatic heterocycles. The fourth-order valence-corrected chi connectivity index (χ4v) is 4.69. The Kier molecular flexibility index (Phi) is 2.93. The molecule has 0 spiro atoms. The van der Waals surface area contributed by atoms with E-state index in [1.165, 1.54) is 12.1 Å². The molecule has 0 unspecified atom stereocenters. The molecule has 1 aliphatic rings. The lowest BCUT2D eigenvalue weighted by Gasteiger charge is -2.41. The van der Waals surface area contributed by atoms with Crippen LogP contribution in [0.3, 0.4) is 0 Å². The van der Waals surface area contributed by atoms with Crippen LogP contribution >= 0.6 is 0 Å². The highest BCUT2D eigenvalue weighted by Crippen LogP contribution is 2.47. The molecule has 0 heterocycles. The van der Waals surface area contributed by atoms with Gasteiger partial charge in [-0.3, -0.25) is 4.79 Å². The number of halogens is 1. The molecule has 1 aliphatic carbocycles. The Morgan fingerprint density at radius 2 is 1.94 bits per heavy atom. The minimum atomic E-state index is -4.20. The second kappa shape index (κ2) is 4.05. The van der Waals surface area contributed by atoms with Gasteiger partial charge in [-0.25, -0.2) is 12.8 Å². The molecule has 1 aromatic rings. The summed E-state index contributed by atoms with van der Waals surface area (Å²) in [5, 5.41) is 9.19. The van der Waals surface area contributed by atoms with Crippen molar-refractivity contribution < 1.29 is 22.7 Å². The van der Waals surface area contributed by atoms with Crippen molar-refractivity contribution in [1.82, 2.24) is 0 Å². The third kappa shape index (κ3) is 1.63. The van der Waals surface area contributed by atoms with Crippen LogP contribution in [-0.4, -0.2) is 24.2 Å². The second-order valence-electron chi connectivity index (χ2n) is 4.75. The van der Waals surface area contributed by atoms with Gasteiger partial charge in [-0.1, -0.05) is 19.1 Å². The van der Waals surface area contributed by atoms with E-state index in [0.717, 1.165) is 12.1 Å². The maximum Gasteiger partial charge on any atom is 0.325 e. The first kappa shape index (κ1) is 13.0. The summed E-state index contributed by atoms with van der Waals surface area (Å²) >= 11 is 0. The van der Waals surface area contributed by atoms with E-state index in [4.69, 9.17) is 0 Å². The quantitative estimate of drug-likeness (QED) is 0.911. The van der Waals surface area contributed by atoms with Crippen LogP contribution in [0, 0.1) is 11.7 Å². The first-order chi connectivity index (χ1) is 8.31. The van der Waals surface area contributed by atoms with Crippen molar-refractivity contribution in [3.05, 3.63) is 30.1 Å². The highest BCUT2D eigenvalue weighted by atomic mass is 32.2. The molecule has 1 fully saturated rings. The van der Waals surface area contributed by atoms with Crippen LogP contribution in [0.25, 0.3) is 0 Å². The van der Waals surface area contributed by atoms with E-state index in [1.807, 2.05) is 0 Å². The van der Waals surface area contributed by atoms with Crippen LogP contribution in [0.5, 0.6) is 0 Å². The monoisotopic (exact) mass is 272 g/mol. The van der Waals surface area contributed by atoms with Crippen LogP contribution in [0.2, 0.25) is 0 Å². The molecule has 6 heteroatoms. The van der Waals surface area contributed by atoms with Crippen molar-refractivity contribution in [3.8, 4) is 0 Å². The van der Waals surface area contributed by atoms with Gasteiger partial charge >= 0.3 is 5.97 Å². The van der Waals surface area contributed by atoms with Gasteiger partial charge in [0, 0.05) is 0 Å². The Morgan fingerprint density at radius 1 is 1.39 bits per heavy atom. The van der Waals surface area contributed by atoms with Crippen molar-refractivity contribution in [3.63, 3.8) is 0 Å². The summed E-state index contributed by atoms with van der Waals surface area (Å²) < 4.78 is 36.3. The molecule has 0 radical (unpaired) electrons. The number of rotatable bonds is 3. The summed E-state index contributed by atoms with van der Waals surface area (Å²) in [6.45, 7) is 1.78. The van der Waals surface area contributed by atoms with Crippen molar-refractivity contribution in [2.45, 2.75) is 29.4 Å². The summed E-state index contributed by atoms with van der Waals surface area (Å²) in [5.74, 6) is -2.29. The van der Waals surface area contributed by atoms with E-state index in [-0.39, 0.29) is 18.8 Å². The van der Waals surface area contributed by atoms with Crippen LogP contribution in [0.1, 0.15) is 19.8 Å². The Bertz CT molecular complexity index is 588. The van der Waals surface area contributed by atoms with E-state index < -0.39 is 31.3 Å². The maximum atomic E-state index is 13.6. The van der Waals surface area contributed by atoms with E-state index in [2.05, 4.69) is 0 Å². The summed E-state index contributed by atoms with van der Waals surface area (Å²) in [6.07, 6.45) is 0.0536. The first-order valence-electron chi connectivity index (χ1n) is 5.54. The summed E-state index contributed by atoms with van der Waals surface area (Å²) in [4.78, 5) is 10.8. The van der Waals surface area contributed by atoms with Crippen molar-refractivity contribution in [1.29, 1.82) is 0 Å². The summed E-state index contributed by atoms with van der Waals surface area (Å²) in [6, 6.07) is 4.88. The van der Waals surface area contributed by atoms with Gasteiger partial charge in [0.1, 0.15) is 10.7 Å². The zero-order chi connectivity index (χ0) is 13.6. The molecule has 0 saturated heterocycles. The van der Waals surface area contributed by atoms with Gasteiger partial charge in [-0.2, -0.15) is 0 Å². The van der Waals surface area contributed by atoms with Gasteiger partial charge in [-0.15, -0.1) is 0 Å². The third-order valence-electron chi connectivity index (χ3n) is 3.39. The SMILES string of the molecule is CC1CC(C(=O)O)(S(=O)(=O)c2ccccc2F)C1. The predicted molar refractivity (Wildman–Crippen MR) is 62.4 cm³/mol. The molecule has 98 valence electrons. The molecule has 0 aliphatic heterocycles. The summed E-state index contributed by atoms with van der Waals surface area (Å²) in [5.41, 5.74) is 0. The van der Waals surface area contributed by atoms with Gasteiger partial charge in [0.25, 0.3) is 0 Å². The van der Waals surface area contributed by atoms with Crippen LogP contribution in [-0.2, 0) is 14.6 Å². The lowest BCUT2D eigenvalue weighted by atomic mass is 9.75. The number of hydrogen-bond donors (Lipinski definition) is 1. The van der Waals surface area contributed by atoms with E-state index >= 15 is 0 Å². The second-order valence-corrected chi connectivity index (χ2v) is 6.97. The minimum Gasteiger partial charge on any atom is -0.480 e. The molecule has 0 amide bonds. The van der Waals surface area contributed by atoms with Gasteiger partial charge in [0.15, 0.2) is 14.6 Å². The molecule has 18 heavy (non-hydrogen) atoms. The number of carboxylic acid groups (broad SMARTS) is 1. The van der Waals surface area contributed by atoms with Gasteiger partial charge < -0.3 is 5.11 Å². The number of sulfone groups is 1. The molecule has 1 aromatic carbocycles. The average molecular weight is 272 g/mol. The van der Waals surface area contributed by atoms with Crippen LogP contribution in [0.4, 0.5) is 4.39 Å². The molecule has 0 atom stereocenters. The van der Waals surface area contributed by atoms with Gasteiger partial charge in [-0.05, 0) is 30.9 Å². The fraction of sp³-hybridized carbons (Fsp3) is 0.417. The lowest BCUT2D eigenvalue weighted by Crippen LogP contribution is -2.55. The Morgan fingerprint density at radius 3 is 2.39 bits per heavy atom. The standard InChI is InChI=1S/C12H13FO4S/c1-8-6-12(7-8,11(14)15)18(16,17)10-5-3-2-4-9(10)13/h2-5,8H,6-7H2,1H3,(H,14,15). The minimum absolute atomic E-state index is 0.0163. The van der Waals surface area contributed by atoms with E-state index in [1.54, 1.807) is 6.92 Å². The molecule has 1 N–H and O–H groups in total. The number of hydrogen-bond acceptors (Lipinski definition) is 3.